The van der Waals surface area contributed by atoms with Gasteiger partial charge < -0.3 is 10.1 Å². The molecule has 0 bridgehead atoms. The Morgan fingerprint density at radius 2 is 2.21 bits per heavy atom. The summed E-state index contributed by atoms with van der Waals surface area (Å²) in [5, 5.41) is 3.40. The van der Waals surface area contributed by atoms with Gasteiger partial charge in [-0.1, -0.05) is 18.2 Å². The predicted molar refractivity (Wildman–Crippen MR) is 75.8 cm³/mol. The standard InChI is InChI=1S/C15H19N3O/c1-12-11-18(13-6-3-2-4-7-13)15(17-12)16-10-14-8-5-9-19-14/h2-4,6-7,11,14H,5,8-10H2,1H3,(H,16,17). The zero-order valence-corrected chi connectivity index (χ0v) is 11.2. The molecule has 1 atom stereocenters. The lowest BCUT2D eigenvalue weighted by Crippen LogP contribution is -2.20. The smallest absolute Gasteiger partial charge is 0.207 e. The molecular formula is C15H19N3O. The number of ether oxygens (including phenoxy) is 1. The normalized spacial score (nSPS) is 18.7. The minimum absolute atomic E-state index is 0.321. The lowest BCUT2D eigenvalue weighted by Gasteiger charge is -2.13. The van der Waals surface area contributed by atoms with Crippen molar-refractivity contribution in [2.45, 2.75) is 25.9 Å². The largest absolute Gasteiger partial charge is 0.376 e. The Kier molecular flexibility index (Phi) is 3.51. The van der Waals surface area contributed by atoms with Crippen LogP contribution in [0, 0.1) is 6.92 Å². The van der Waals surface area contributed by atoms with E-state index in [4.69, 9.17) is 4.74 Å². The van der Waals surface area contributed by atoms with Gasteiger partial charge in [0.1, 0.15) is 0 Å². The van der Waals surface area contributed by atoms with Gasteiger partial charge in [-0.3, -0.25) is 4.57 Å². The van der Waals surface area contributed by atoms with Crippen LogP contribution in [0.15, 0.2) is 36.5 Å². The SMILES string of the molecule is Cc1cn(-c2ccccc2)c(NCC2CCCO2)n1. The summed E-state index contributed by atoms with van der Waals surface area (Å²) in [7, 11) is 0. The second-order valence-electron chi connectivity index (χ2n) is 4.93. The van der Waals surface area contributed by atoms with Gasteiger partial charge >= 0.3 is 0 Å². The number of hydrogen-bond acceptors (Lipinski definition) is 3. The highest BCUT2D eigenvalue weighted by molar-refractivity contribution is 5.43. The van der Waals surface area contributed by atoms with Crippen LogP contribution in [0.4, 0.5) is 5.95 Å². The number of benzene rings is 1. The third kappa shape index (κ3) is 2.79. The van der Waals surface area contributed by atoms with Crippen LogP contribution in [-0.4, -0.2) is 28.8 Å². The van der Waals surface area contributed by atoms with Gasteiger partial charge in [-0.25, -0.2) is 4.98 Å². The fourth-order valence-corrected chi connectivity index (χ4v) is 2.42. The molecule has 0 aliphatic carbocycles. The molecule has 1 aromatic heterocycles. The monoisotopic (exact) mass is 257 g/mol. The van der Waals surface area contributed by atoms with Crippen molar-refractivity contribution in [1.82, 2.24) is 9.55 Å². The molecule has 1 aliphatic heterocycles. The van der Waals surface area contributed by atoms with Crippen molar-refractivity contribution in [2.75, 3.05) is 18.5 Å². The van der Waals surface area contributed by atoms with E-state index < -0.39 is 0 Å². The van der Waals surface area contributed by atoms with Crippen LogP contribution in [0.1, 0.15) is 18.5 Å². The maximum atomic E-state index is 5.63. The Morgan fingerprint density at radius 1 is 1.37 bits per heavy atom. The van der Waals surface area contributed by atoms with E-state index in [1.807, 2.05) is 31.3 Å². The molecule has 1 N–H and O–H groups in total. The number of aromatic nitrogens is 2. The van der Waals surface area contributed by atoms with Crippen LogP contribution in [0.2, 0.25) is 0 Å². The molecule has 2 heterocycles. The topological polar surface area (TPSA) is 39.1 Å². The first kappa shape index (κ1) is 12.2. The summed E-state index contributed by atoms with van der Waals surface area (Å²) in [5.74, 6) is 0.888. The Morgan fingerprint density at radius 3 is 2.95 bits per heavy atom. The first-order valence-corrected chi connectivity index (χ1v) is 6.80. The van der Waals surface area contributed by atoms with Gasteiger partial charge in [0.05, 0.1) is 11.8 Å². The first-order chi connectivity index (χ1) is 9.33. The number of aryl methyl sites for hydroxylation is 1. The van der Waals surface area contributed by atoms with E-state index in [0.29, 0.717) is 6.10 Å². The summed E-state index contributed by atoms with van der Waals surface area (Å²) in [6, 6.07) is 10.3. The van der Waals surface area contributed by atoms with Crippen LogP contribution < -0.4 is 5.32 Å². The fraction of sp³-hybridized carbons (Fsp3) is 0.400. The van der Waals surface area contributed by atoms with E-state index >= 15 is 0 Å². The van der Waals surface area contributed by atoms with E-state index in [2.05, 4.69) is 27.0 Å². The summed E-state index contributed by atoms with van der Waals surface area (Å²) in [6.07, 6.45) is 4.67. The van der Waals surface area contributed by atoms with Gasteiger partial charge in [0.25, 0.3) is 0 Å². The Hall–Kier alpha value is -1.81. The Labute approximate surface area is 113 Å². The highest BCUT2D eigenvalue weighted by Gasteiger charge is 2.16. The zero-order chi connectivity index (χ0) is 13.1. The minimum atomic E-state index is 0.321. The Bertz CT molecular complexity index is 530. The van der Waals surface area contributed by atoms with Crippen LogP contribution in [0.3, 0.4) is 0 Å². The number of imidazole rings is 1. The highest BCUT2D eigenvalue weighted by atomic mass is 16.5. The van der Waals surface area contributed by atoms with Crippen LogP contribution in [0.25, 0.3) is 5.69 Å². The van der Waals surface area contributed by atoms with Crippen molar-refractivity contribution in [3.63, 3.8) is 0 Å². The number of hydrogen-bond donors (Lipinski definition) is 1. The van der Waals surface area contributed by atoms with Crippen molar-refractivity contribution < 1.29 is 4.74 Å². The van der Waals surface area contributed by atoms with E-state index in [9.17, 15) is 0 Å². The van der Waals surface area contributed by atoms with Crippen molar-refractivity contribution in [3.05, 3.63) is 42.2 Å². The molecule has 100 valence electrons. The molecule has 1 aliphatic rings. The number of rotatable bonds is 4. The average Bonchev–Trinajstić information content (AvgIpc) is 3.06. The molecular weight excluding hydrogens is 238 g/mol. The van der Waals surface area contributed by atoms with E-state index in [1.54, 1.807) is 0 Å². The third-order valence-electron chi connectivity index (χ3n) is 3.37. The maximum absolute atomic E-state index is 5.63. The molecule has 3 rings (SSSR count). The number of para-hydroxylation sites is 1. The van der Waals surface area contributed by atoms with E-state index in [-0.39, 0.29) is 0 Å². The summed E-state index contributed by atoms with van der Waals surface area (Å²) in [5.41, 5.74) is 2.14. The highest BCUT2D eigenvalue weighted by Crippen LogP contribution is 2.18. The maximum Gasteiger partial charge on any atom is 0.207 e. The quantitative estimate of drug-likeness (QED) is 0.915. The molecule has 0 saturated carbocycles. The fourth-order valence-electron chi connectivity index (χ4n) is 2.42. The van der Waals surface area contributed by atoms with Crippen LogP contribution >= 0.6 is 0 Å². The number of nitrogens with one attached hydrogen (secondary N) is 1. The van der Waals surface area contributed by atoms with Crippen LogP contribution in [-0.2, 0) is 4.74 Å². The van der Waals surface area contributed by atoms with Gasteiger partial charge in [-0.2, -0.15) is 0 Å². The summed E-state index contributed by atoms with van der Waals surface area (Å²) < 4.78 is 7.72. The molecule has 19 heavy (non-hydrogen) atoms. The van der Waals surface area contributed by atoms with Crippen molar-refractivity contribution in [3.8, 4) is 5.69 Å². The van der Waals surface area contributed by atoms with Gasteiger partial charge in [-0.15, -0.1) is 0 Å². The molecule has 0 amide bonds. The number of nitrogens with zero attached hydrogens (tertiary/aromatic N) is 2. The van der Waals surface area contributed by atoms with Gasteiger partial charge in [0.15, 0.2) is 0 Å². The van der Waals surface area contributed by atoms with E-state index in [0.717, 1.165) is 36.9 Å². The van der Waals surface area contributed by atoms with Crippen molar-refractivity contribution in [1.29, 1.82) is 0 Å². The molecule has 4 nitrogen and oxygen atoms in total. The minimum Gasteiger partial charge on any atom is -0.376 e. The molecule has 1 saturated heterocycles. The summed E-state index contributed by atoms with van der Waals surface area (Å²) in [4.78, 5) is 4.54. The lowest BCUT2D eigenvalue weighted by molar-refractivity contribution is 0.120. The zero-order valence-electron chi connectivity index (χ0n) is 11.2. The molecule has 1 aromatic carbocycles. The number of anilines is 1. The second-order valence-corrected chi connectivity index (χ2v) is 4.93. The molecule has 0 radical (unpaired) electrons. The first-order valence-electron chi connectivity index (χ1n) is 6.80. The van der Waals surface area contributed by atoms with Crippen LogP contribution in [0.5, 0.6) is 0 Å². The predicted octanol–water partition coefficient (Wildman–Crippen LogP) is 2.77. The van der Waals surface area contributed by atoms with Gasteiger partial charge in [-0.05, 0) is 31.9 Å². The van der Waals surface area contributed by atoms with Crippen molar-refractivity contribution >= 4 is 5.95 Å². The summed E-state index contributed by atoms with van der Waals surface area (Å²) in [6.45, 7) is 3.72. The molecule has 1 fully saturated rings. The summed E-state index contributed by atoms with van der Waals surface area (Å²) >= 11 is 0. The second kappa shape index (κ2) is 5.45. The van der Waals surface area contributed by atoms with E-state index in [1.165, 1.54) is 6.42 Å². The molecule has 2 aromatic rings. The molecule has 1 unspecified atom stereocenters. The molecule has 0 spiro atoms. The lowest BCUT2D eigenvalue weighted by atomic mass is 10.2. The molecule has 4 heteroatoms. The van der Waals surface area contributed by atoms with Gasteiger partial charge in [0.2, 0.25) is 5.95 Å². The Balaban J connectivity index is 1.77. The van der Waals surface area contributed by atoms with Gasteiger partial charge in [0, 0.05) is 25.0 Å². The van der Waals surface area contributed by atoms with Crippen molar-refractivity contribution in [2.24, 2.45) is 0 Å². The average molecular weight is 257 g/mol. The third-order valence-corrected chi connectivity index (χ3v) is 3.37.